The van der Waals surface area contributed by atoms with Crippen molar-refractivity contribution in [2.75, 3.05) is 13.1 Å². The third kappa shape index (κ3) is 4.40. The highest BCUT2D eigenvalue weighted by Crippen LogP contribution is 2.21. The third-order valence-corrected chi connectivity index (χ3v) is 4.62. The van der Waals surface area contributed by atoms with Crippen LogP contribution in [0.3, 0.4) is 0 Å². The molecule has 0 spiro atoms. The van der Waals surface area contributed by atoms with Gasteiger partial charge >= 0.3 is 0 Å². The van der Waals surface area contributed by atoms with Crippen LogP contribution in [-0.2, 0) is 11.4 Å². The Labute approximate surface area is 152 Å². The van der Waals surface area contributed by atoms with Gasteiger partial charge in [0, 0.05) is 24.6 Å². The van der Waals surface area contributed by atoms with Gasteiger partial charge in [0.1, 0.15) is 12.4 Å². The normalized spacial score (nSPS) is 14.7. The molecule has 2 aromatic carbocycles. The van der Waals surface area contributed by atoms with Crippen LogP contribution in [0.4, 0.5) is 0 Å². The summed E-state index contributed by atoms with van der Waals surface area (Å²) >= 11 is 0. The lowest BCUT2D eigenvalue weighted by atomic mass is 9.95. The molecule has 1 aliphatic rings. The highest BCUT2D eigenvalue weighted by atomic mass is 16.5. The molecule has 0 aliphatic carbocycles. The molecule has 2 aromatic rings. The molecule has 3 rings (SSSR count). The number of amides is 2. The molecule has 3 N–H and O–H groups in total. The Balaban J connectivity index is 1.59. The van der Waals surface area contributed by atoms with Gasteiger partial charge in [-0.15, -0.1) is 0 Å². The van der Waals surface area contributed by atoms with Crippen LogP contribution in [0.5, 0.6) is 5.75 Å². The summed E-state index contributed by atoms with van der Waals surface area (Å²) in [7, 11) is 0. The second kappa shape index (κ2) is 8.49. The van der Waals surface area contributed by atoms with Gasteiger partial charge in [-0.25, -0.2) is 5.84 Å². The number of ether oxygens (including phenoxy) is 1. The van der Waals surface area contributed by atoms with Gasteiger partial charge in [0.05, 0.1) is 0 Å². The Morgan fingerprint density at radius 3 is 2.50 bits per heavy atom. The first-order valence-corrected chi connectivity index (χ1v) is 8.74. The van der Waals surface area contributed by atoms with Gasteiger partial charge in [-0.2, -0.15) is 0 Å². The molecule has 1 saturated heterocycles. The molecule has 0 unspecified atom stereocenters. The van der Waals surface area contributed by atoms with E-state index in [1.54, 1.807) is 17.0 Å². The molecule has 26 heavy (non-hydrogen) atoms. The summed E-state index contributed by atoms with van der Waals surface area (Å²) in [6, 6.07) is 17.1. The lowest BCUT2D eigenvalue weighted by Crippen LogP contribution is -2.44. The minimum atomic E-state index is -0.159. The van der Waals surface area contributed by atoms with Crippen LogP contribution < -0.4 is 16.0 Å². The number of nitrogens with one attached hydrogen (secondary N) is 1. The topological polar surface area (TPSA) is 84.7 Å². The zero-order valence-electron chi connectivity index (χ0n) is 14.6. The maximum absolute atomic E-state index is 12.7. The minimum absolute atomic E-state index is 0.0400. The Kier molecular flexibility index (Phi) is 5.86. The van der Waals surface area contributed by atoms with Crippen LogP contribution in [0.2, 0.25) is 0 Å². The number of likely N-dealkylation sites (tertiary alicyclic amines) is 1. The largest absolute Gasteiger partial charge is 0.489 e. The summed E-state index contributed by atoms with van der Waals surface area (Å²) in [5.41, 5.74) is 3.85. The number of nitrogens with two attached hydrogens (primary N) is 1. The van der Waals surface area contributed by atoms with Crippen molar-refractivity contribution in [3.05, 3.63) is 65.7 Å². The van der Waals surface area contributed by atoms with Crippen LogP contribution in [0, 0.1) is 5.92 Å². The van der Waals surface area contributed by atoms with Crippen LogP contribution in [0.1, 0.15) is 28.8 Å². The van der Waals surface area contributed by atoms with Gasteiger partial charge in [-0.05, 0) is 36.6 Å². The number of rotatable bonds is 5. The predicted octanol–water partition coefficient (Wildman–Crippen LogP) is 2.11. The van der Waals surface area contributed by atoms with E-state index in [9.17, 15) is 9.59 Å². The Bertz CT molecular complexity index is 756. The van der Waals surface area contributed by atoms with Gasteiger partial charge in [-0.3, -0.25) is 15.0 Å². The Hall–Kier alpha value is -2.86. The molecule has 136 valence electrons. The first-order valence-electron chi connectivity index (χ1n) is 8.74. The van der Waals surface area contributed by atoms with E-state index in [2.05, 4.69) is 5.43 Å². The van der Waals surface area contributed by atoms with Crippen LogP contribution in [0.25, 0.3) is 0 Å². The smallest absolute Gasteiger partial charge is 0.253 e. The predicted molar refractivity (Wildman–Crippen MR) is 98.2 cm³/mol. The van der Waals surface area contributed by atoms with Crippen LogP contribution in [-0.4, -0.2) is 29.8 Å². The first-order chi connectivity index (χ1) is 12.7. The van der Waals surface area contributed by atoms with E-state index in [0.717, 1.165) is 5.56 Å². The molecule has 0 radical (unpaired) electrons. The summed E-state index contributed by atoms with van der Waals surface area (Å²) in [5, 5.41) is 0. The Morgan fingerprint density at radius 2 is 1.81 bits per heavy atom. The second-order valence-corrected chi connectivity index (χ2v) is 6.38. The standard InChI is InChI=1S/C20H23N3O3/c21-22-19(24)16-9-11-23(12-10-16)20(25)17-7-4-8-18(13-17)26-14-15-5-2-1-3-6-15/h1-8,13,16H,9-12,14,21H2,(H,22,24). The van der Waals surface area contributed by atoms with E-state index >= 15 is 0 Å². The molecule has 6 nitrogen and oxygen atoms in total. The third-order valence-electron chi connectivity index (χ3n) is 4.62. The van der Waals surface area contributed by atoms with Crippen molar-refractivity contribution in [1.82, 2.24) is 10.3 Å². The summed E-state index contributed by atoms with van der Waals surface area (Å²) in [6.07, 6.45) is 1.25. The highest BCUT2D eigenvalue weighted by molar-refractivity contribution is 5.94. The van der Waals surface area contributed by atoms with Gasteiger partial charge in [-0.1, -0.05) is 36.4 Å². The maximum atomic E-state index is 12.7. The van der Waals surface area contributed by atoms with Crippen molar-refractivity contribution in [1.29, 1.82) is 0 Å². The quantitative estimate of drug-likeness (QED) is 0.490. The number of carbonyl (C=O) groups is 2. The van der Waals surface area contributed by atoms with Crippen molar-refractivity contribution in [3.63, 3.8) is 0 Å². The maximum Gasteiger partial charge on any atom is 0.253 e. The fourth-order valence-corrected chi connectivity index (χ4v) is 3.11. The first kappa shape index (κ1) is 17.9. The second-order valence-electron chi connectivity index (χ2n) is 6.38. The summed E-state index contributed by atoms with van der Waals surface area (Å²) in [6.45, 7) is 1.55. The lowest BCUT2D eigenvalue weighted by molar-refractivity contribution is -0.126. The van der Waals surface area contributed by atoms with Gasteiger partial charge in [0.2, 0.25) is 5.91 Å². The van der Waals surface area contributed by atoms with Crippen molar-refractivity contribution in [2.24, 2.45) is 11.8 Å². The number of hydrogen-bond donors (Lipinski definition) is 2. The van der Waals surface area contributed by atoms with Crippen molar-refractivity contribution in [3.8, 4) is 5.75 Å². The number of hydrazine groups is 1. The van der Waals surface area contributed by atoms with E-state index in [-0.39, 0.29) is 17.7 Å². The van der Waals surface area contributed by atoms with Crippen molar-refractivity contribution < 1.29 is 14.3 Å². The molecule has 0 aromatic heterocycles. The monoisotopic (exact) mass is 353 g/mol. The van der Waals surface area contributed by atoms with E-state index in [1.165, 1.54) is 0 Å². The minimum Gasteiger partial charge on any atom is -0.489 e. The zero-order chi connectivity index (χ0) is 18.4. The van der Waals surface area contributed by atoms with Crippen molar-refractivity contribution >= 4 is 11.8 Å². The summed E-state index contributed by atoms with van der Waals surface area (Å²) < 4.78 is 5.80. The van der Waals surface area contributed by atoms with Crippen LogP contribution in [0.15, 0.2) is 54.6 Å². The average molecular weight is 353 g/mol. The fourth-order valence-electron chi connectivity index (χ4n) is 3.11. The van der Waals surface area contributed by atoms with E-state index in [1.807, 2.05) is 42.5 Å². The molecular formula is C20H23N3O3. The highest BCUT2D eigenvalue weighted by Gasteiger charge is 2.27. The summed E-state index contributed by atoms with van der Waals surface area (Å²) in [5.74, 6) is 5.53. The SMILES string of the molecule is NNC(=O)C1CCN(C(=O)c2cccc(OCc3ccccc3)c2)CC1. The molecule has 0 bridgehead atoms. The van der Waals surface area contributed by atoms with Crippen LogP contribution >= 0.6 is 0 Å². The molecule has 1 heterocycles. The van der Waals surface area contributed by atoms with Crippen molar-refractivity contribution in [2.45, 2.75) is 19.4 Å². The molecule has 2 amide bonds. The number of piperidine rings is 1. The van der Waals surface area contributed by atoms with E-state index in [0.29, 0.717) is 43.9 Å². The number of hydrogen-bond acceptors (Lipinski definition) is 4. The summed E-state index contributed by atoms with van der Waals surface area (Å²) in [4.78, 5) is 26.1. The zero-order valence-corrected chi connectivity index (χ0v) is 14.6. The van der Waals surface area contributed by atoms with E-state index in [4.69, 9.17) is 10.6 Å². The number of benzene rings is 2. The van der Waals surface area contributed by atoms with Gasteiger partial charge in [0.25, 0.3) is 5.91 Å². The number of carbonyl (C=O) groups excluding carboxylic acids is 2. The molecule has 1 aliphatic heterocycles. The molecule has 6 heteroatoms. The molecule has 1 fully saturated rings. The number of nitrogens with zero attached hydrogens (tertiary/aromatic N) is 1. The average Bonchev–Trinajstić information content (AvgIpc) is 2.72. The molecule has 0 saturated carbocycles. The molecule has 0 atom stereocenters. The fraction of sp³-hybridized carbons (Fsp3) is 0.300. The molecular weight excluding hydrogens is 330 g/mol. The Morgan fingerprint density at radius 1 is 1.08 bits per heavy atom. The van der Waals surface area contributed by atoms with E-state index < -0.39 is 0 Å². The van der Waals surface area contributed by atoms with Gasteiger partial charge in [0.15, 0.2) is 0 Å². The van der Waals surface area contributed by atoms with Gasteiger partial charge < -0.3 is 9.64 Å². The lowest BCUT2D eigenvalue weighted by Gasteiger charge is -2.31.